The summed E-state index contributed by atoms with van der Waals surface area (Å²) in [7, 11) is -0.125. The summed E-state index contributed by atoms with van der Waals surface area (Å²) in [6.07, 6.45) is 4.39. The van der Waals surface area contributed by atoms with Gasteiger partial charge in [0.25, 0.3) is 10.0 Å². The Balaban J connectivity index is 2.93. The molecule has 0 aliphatic rings. The van der Waals surface area contributed by atoms with Crippen LogP contribution in [0, 0.1) is 0 Å². The predicted molar refractivity (Wildman–Crippen MR) is 78.8 cm³/mol. The molecule has 1 atom stereocenters. The molecule has 0 saturated carbocycles. The molecule has 6 nitrogen and oxygen atoms in total. The van der Waals surface area contributed by atoms with Crippen molar-refractivity contribution in [3.8, 4) is 0 Å². The maximum absolute atomic E-state index is 12.5. The first kappa shape index (κ1) is 16.5. The monoisotopic (exact) mass is 306 g/mol. The van der Waals surface area contributed by atoms with Crippen molar-refractivity contribution in [1.29, 1.82) is 0 Å². The van der Waals surface area contributed by atoms with Crippen LogP contribution in [0.25, 0.3) is 0 Å². The fraction of sp³-hybridized carbons (Fsp3) is 0.727. The number of hydrogen-bond donors (Lipinski definition) is 2. The van der Waals surface area contributed by atoms with E-state index in [-0.39, 0.29) is 11.1 Å². The maximum Gasteiger partial charge on any atom is 0.260 e. The van der Waals surface area contributed by atoms with E-state index in [1.165, 1.54) is 4.31 Å². The Hall–Kier alpha value is -0.570. The van der Waals surface area contributed by atoms with E-state index < -0.39 is 10.0 Å². The quantitative estimate of drug-likeness (QED) is 0.746. The summed E-state index contributed by atoms with van der Waals surface area (Å²) in [6.45, 7) is 2.39. The zero-order chi connectivity index (χ0) is 14.5. The first-order chi connectivity index (χ1) is 8.95. The highest BCUT2D eigenvalue weighted by molar-refractivity contribution is 7.98. The van der Waals surface area contributed by atoms with Crippen molar-refractivity contribution >= 4 is 21.8 Å². The van der Waals surface area contributed by atoms with Crippen LogP contribution < -0.4 is 5.32 Å². The number of aromatic nitrogens is 2. The molecule has 0 amide bonds. The molecule has 8 heteroatoms. The molecular weight excluding hydrogens is 284 g/mol. The SMILES string of the molecule is CNCc1cn[nH]c1S(=O)(=O)N(C)C(C)CCSC. The predicted octanol–water partition coefficient (Wildman–Crippen LogP) is 0.891. The van der Waals surface area contributed by atoms with Crippen LogP contribution >= 0.6 is 11.8 Å². The van der Waals surface area contributed by atoms with Crippen LogP contribution in [0.5, 0.6) is 0 Å². The van der Waals surface area contributed by atoms with Crippen molar-refractivity contribution in [2.75, 3.05) is 26.1 Å². The van der Waals surface area contributed by atoms with E-state index in [2.05, 4.69) is 15.5 Å². The second kappa shape index (κ2) is 7.28. The Morgan fingerprint density at radius 2 is 2.26 bits per heavy atom. The number of rotatable bonds is 8. The molecule has 19 heavy (non-hydrogen) atoms. The molecule has 1 heterocycles. The molecule has 0 aromatic carbocycles. The summed E-state index contributed by atoms with van der Waals surface area (Å²) in [5, 5.41) is 9.55. The van der Waals surface area contributed by atoms with Crippen LogP contribution in [0.4, 0.5) is 0 Å². The van der Waals surface area contributed by atoms with Crippen molar-refractivity contribution in [3.63, 3.8) is 0 Å². The van der Waals surface area contributed by atoms with E-state index in [0.717, 1.165) is 12.2 Å². The van der Waals surface area contributed by atoms with Gasteiger partial charge < -0.3 is 5.32 Å². The van der Waals surface area contributed by atoms with Gasteiger partial charge in [-0.05, 0) is 32.4 Å². The number of sulfonamides is 1. The van der Waals surface area contributed by atoms with E-state index in [4.69, 9.17) is 0 Å². The number of H-pyrrole nitrogens is 1. The summed E-state index contributed by atoms with van der Waals surface area (Å²) in [5.74, 6) is 0.938. The molecule has 0 bridgehead atoms. The van der Waals surface area contributed by atoms with Gasteiger partial charge in [-0.25, -0.2) is 8.42 Å². The summed E-state index contributed by atoms with van der Waals surface area (Å²) >= 11 is 1.72. The zero-order valence-electron chi connectivity index (χ0n) is 11.8. The third-order valence-electron chi connectivity index (χ3n) is 3.04. The average molecular weight is 306 g/mol. The minimum absolute atomic E-state index is 0.0387. The largest absolute Gasteiger partial charge is 0.316 e. The molecule has 0 radical (unpaired) electrons. The minimum atomic E-state index is -3.51. The summed E-state index contributed by atoms with van der Waals surface area (Å²) in [5.41, 5.74) is 0.659. The molecule has 0 aliphatic carbocycles. The summed E-state index contributed by atoms with van der Waals surface area (Å²) in [4.78, 5) is 0. The Morgan fingerprint density at radius 1 is 1.58 bits per heavy atom. The van der Waals surface area contributed by atoms with E-state index in [1.807, 2.05) is 13.2 Å². The van der Waals surface area contributed by atoms with Gasteiger partial charge in [0.15, 0.2) is 5.03 Å². The van der Waals surface area contributed by atoms with E-state index in [9.17, 15) is 8.42 Å². The van der Waals surface area contributed by atoms with Crippen molar-refractivity contribution in [3.05, 3.63) is 11.8 Å². The molecule has 0 saturated heterocycles. The molecule has 110 valence electrons. The molecule has 1 aromatic rings. The van der Waals surface area contributed by atoms with Gasteiger partial charge in [0.05, 0.1) is 6.20 Å². The van der Waals surface area contributed by atoms with Crippen LogP contribution in [0.1, 0.15) is 18.9 Å². The molecule has 0 fully saturated rings. The van der Waals surface area contributed by atoms with Gasteiger partial charge in [0, 0.05) is 25.2 Å². The van der Waals surface area contributed by atoms with Crippen LogP contribution in [0.15, 0.2) is 11.2 Å². The Morgan fingerprint density at radius 3 is 2.84 bits per heavy atom. The van der Waals surface area contributed by atoms with Crippen LogP contribution in [0.3, 0.4) is 0 Å². The third-order valence-corrected chi connectivity index (χ3v) is 5.67. The average Bonchev–Trinajstić information content (AvgIpc) is 2.84. The lowest BCUT2D eigenvalue weighted by atomic mass is 10.3. The molecule has 0 spiro atoms. The van der Waals surface area contributed by atoms with Gasteiger partial charge in [0.1, 0.15) is 0 Å². The lowest BCUT2D eigenvalue weighted by Crippen LogP contribution is -2.36. The van der Waals surface area contributed by atoms with Crippen LogP contribution in [-0.2, 0) is 16.6 Å². The second-order valence-electron chi connectivity index (χ2n) is 4.41. The maximum atomic E-state index is 12.5. The van der Waals surface area contributed by atoms with Crippen molar-refractivity contribution < 1.29 is 8.42 Å². The van der Waals surface area contributed by atoms with Crippen LogP contribution in [0.2, 0.25) is 0 Å². The molecule has 1 rings (SSSR count). The van der Waals surface area contributed by atoms with E-state index >= 15 is 0 Å². The van der Waals surface area contributed by atoms with Gasteiger partial charge in [-0.1, -0.05) is 0 Å². The first-order valence-corrected chi connectivity index (χ1v) is 8.92. The first-order valence-electron chi connectivity index (χ1n) is 6.09. The van der Waals surface area contributed by atoms with Gasteiger partial charge in [-0.2, -0.15) is 21.2 Å². The lowest BCUT2D eigenvalue weighted by Gasteiger charge is -2.23. The van der Waals surface area contributed by atoms with Gasteiger partial charge in [0.2, 0.25) is 0 Å². The zero-order valence-corrected chi connectivity index (χ0v) is 13.4. The second-order valence-corrected chi connectivity index (χ2v) is 7.33. The normalized spacial score (nSPS) is 13.9. The number of hydrogen-bond acceptors (Lipinski definition) is 5. The topological polar surface area (TPSA) is 78.1 Å². The highest BCUT2D eigenvalue weighted by Gasteiger charge is 2.28. The van der Waals surface area contributed by atoms with E-state index in [0.29, 0.717) is 12.1 Å². The highest BCUT2D eigenvalue weighted by atomic mass is 32.2. The molecule has 1 unspecified atom stereocenters. The third kappa shape index (κ3) is 3.95. The fourth-order valence-electron chi connectivity index (χ4n) is 1.69. The van der Waals surface area contributed by atoms with Gasteiger partial charge in [-0.15, -0.1) is 0 Å². The standard InChI is InChI=1S/C11H22N4O2S2/c1-9(5-6-18-4)15(3)19(16,17)11-10(7-12-2)8-13-14-11/h8-9,12H,5-7H2,1-4H3,(H,13,14). The van der Waals surface area contributed by atoms with E-state index in [1.54, 1.807) is 32.1 Å². The Labute approximate surface area is 119 Å². The minimum Gasteiger partial charge on any atom is -0.316 e. The molecule has 2 N–H and O–H groups in total. The van der Waals surface area contributed by atoms with Gasteiger partial charge in [-0.3, -0.25) is 5.10 Å². The van der Waals surface area contributed by atoms with Crippen molar-refractivity contribution in [1.82, 2.24) is 19.8 Å². The number of nitrogens with zero attached hydrogens (tertiary/aromatic N) is 2. The number of aromatic amines is 1. The molecule has 0 aliphatic heterocycles. The number of thioether (sulfide) groups is 1. The van der Waals surface area contributed by atoms with Crippen molar-refractivity contribution in [2.24, 2.45) is 0 Å². The Bertz CT molecular complexity index is 487. The summed E-state index contributed by atoms with van der Waals surface area (Å²) in [6, 6.07) is -0.0387. The number of nitrogens with one attached hydrogen (secondary N) is 2. The summed E-state index contributed by atoms with van der Waals surface area (Å²) < 4.78 is 26.4. The molecular formula is C11H22N4O2S2. The van der Waals surface area contributed by atoms with Crippen LogP contribution in [-0.4, -0.2) is 55.1 Å². The lowest BCUT2D eigenvalue weighted by molar-refractivity contribution is 0.380. The van der Waals surface area contributed by atoms with Gasteiger partial charge >= 0.3 is 0 Å². The van der Waals surface area contributed by atoms with Crippen molar-refractivity contribution in [2.45, 2.75) is 31.0 Å². The highest BCUT2D eigenvalue weighted by Crippen LogP contribution is 2.19. The fourth-order valence-corrected chi connectivity index (χ4v) is 3.76. The smallest absolute Gasteiger partial charge is 0.260 e. The Kier molecular flexibility index (Phi) is 6.31. The molecule has 1 aromatic heterocycles.